The van der Waals surface area contributed by atoms with Gasteiger partial charge in [0.25, 0.3) is 0 Å². The summed E-state index contributed by atoms with van der Waals surface area (Å²) >= 11 is 0. The number of nitrogens with two attached hydrogens (primary N) is 1. The SMILES string of the molecule is NC[C@H]1C=CCCC1. The fourth-order valence-corrected chi connectivity index (χ4v) is 1.08. The third-order valence-corrected chi connectivity index (χ3v) is 1.66. The molecule has 2 N–H and O–H groups in total. The van der Waals surface area contributed by atoms with Gasteiger partial charge in [-0.25, -0.2) is 0 Å². The van der Waals surface area contributed by atoms with E-state index in [1.54, 1.807) is 0 Å². The van der Waals surface area contributed by atoms with Crippen LogP contribution in [0.3, 0.4) is 0 Å². The molecule has 1 aliphatic rings. The average Bonchev–Trinajstić information content (AvgIpc) is 1.90. The minimum Gasteiger partial charge on any atom is -0.330 e. The van der Waals surface area contributed by atoms with Gasteiger partial charge < -0.3 is 5.73 Å². The molecule has 0 heterocycles. The van der Waals surface area contributed by atoms with Crippen molar-refractivity contribution in [1.29, 1.82) is 0 Å². The monoisotopic (exact) mass is 111 g/mol. The van der Waals surface area contributed by atoms with Crippen molar-refractivity contribution in [2.24, 2.45) is 11.7 Å². The van der Waals surface area contributed by atoms with E-state index in [9.17, 15) is 0 Å². The highest BCUT2D eigenvalue weighted by atomic mass is 14.5. The molecule has 0 aromatic rings. The predicted octanol–water partition coefficient (Wildman–Crippen LogP) is 1.30. The molecule has 1 heteroatoms. The van der Waals surface area contributed by atoms with Crippen molar-refractivity contribution in [3.05, 3.63) is 12.2 Å². The minimum absolute atomic E-state index is 0.684. The van der Waals surface area contributed by atoms with Crippen molar-refractivity contribution >= 4 is 0 Å². The van der Waals surface area contributed by atoms with Crippen molar-refractivity contribution in [1.82, 2.24) is 0 Å². The van der Waals surface area contributed by atoms with E-state index in [4.69, 9.17) is 5.73 Å². The molecule has 0 fully saturated rings. The third kappa shape index (κ3) is 1.34. The molecular weight excluding hydrogens is 98.1 g/mol. The first-order valence-corrected chi connectivity index (χ1v) is 3.30. The summed E-state index contributed by atoms with van der Waals surface area (Å²) in [7, 11) is 0. The lowest BCUT2D eigenvalue weighted by molar-refractivity contribution is 0.550. The molecule has 0 spiro atoms. The second-order valence-electron chi connectivity index (χ2n) is 2.35. The Labute approximate surface area is 50.6 Å². The predicted molar refractivity (Wildman–Crippen MR) is 35.5 cm³/mol. The van der Waals surface area contributed by atoms with Gasteiger partial charge in [-0.3, -0.25) is 0 Å². The Morgan fingerprint density at radius 1 is 1.62 bits per heavy atom. The number of rotatable bonds is 1. The molecule has 0 amide bonds. The van der Waals surface area contributed by atoms with Gasteiger partial charge in [0, 0.05) is 0 Å². The third-order valence-electron chi connectivity index (χ3n) is 1.66. The topological polar surface area (TPSA) is 26.0 Å². The van der Waals surface area contributed by atoms with Gasteiger partial charge in [-0.05, 0) is 31.7 Å². The van der Waals surface area contributed by atoms with Crippen LogP contribution < -0.4 is 5.73 Å². The van der Waals surface area contributed by atoms with Gasteiger partial charge in [0.2, 0.25) is 0 Å². The highest BCUT2D eigenvalue weighted by molar-refractivity contribution is 4.92. The van der Waals surface area contributed by atoms with Crippen LogP contribution in [0.4, 0.5) is 0 Å². The molecule has 0 unspecified atom stereocenters. The highest BCUT2D eigenvalue weighted by Crippen LogP contribution is 2.14. The van der Waals surface area contributed by atoms with E-state index in [2.05, 4.69) is 12.2 Å². The fourth-order valence-electron chi connectivity index (χ4n) is 1.08. The Hall–Kier alpha value is -0.300. The quantitative estimate of drug-likeness (QED) is 0.507. The molecule has 0 radical (unpaired) electrons. The lowest BCUT2D eigenvalue weighted by atomic mass is 9.96. The Kier molecular flexibility index (Phi) is 2.10. The summed E-state index contributed by atoms with van der Waals surface area (Å²) in [4.78, 5) is 0. The van der Waals surface area contributed by atoms with Crippen molar-refractivity contribution in [3.8, 4) is 0 Å². The summed E-state index contributed by atoms with van der Waals surface area (Å²) < 4.78 is 0. The molecule has 1 rings (SSSR count). The Morgan fingerprint density at radius 3 is 2.88 bits per heavy atom. The van der Waals surface area contributed by atoms with Crippen LogP contribution in [0, 0.1) is 5.92 Å². The molecule has 0 saturated heterocycles. The van der Waals surface area contributed by atoms with Crippen LogP contribution in [0.5, 0.6) is 0 Å². The standard InChI is InChI=1S/C7H13N/c8-6-7-4-2-1-3-5-7/h2,4,7H,1,3,5-6,8H2/t7-/m0/s1. The van der Waals surface area contributed by atoms with Crippen LogP contribution in [0.2, 0.25) is 0 Å². The summed E-state index contributed by atoms with van der Waals surface area (Å²) in [5.41, 5.74) is 5.45. The van der Waals surface area contributed by atoms with E-state index in [1.807, 2.05) is 0 Å². The van der Waals surface area contributed by atoms with Crippen molar-refractivity contribution in [2.75, 3.05) is 6.54 Å². The van der Waals surface area contributed by atoms with Crippen LogP contribution in [-0.4, -0.2) is 6.54 Å². The molecular formula is C7H13N. The van der Waals surface area contributed by atoms with Gasteiger partial charge in [-0.2, -0.15) is 0 Å². The van der Waals surface area contributed by atoms with Gasteiger partial charge in [0.1, 0.15) is 0 Å². The maximum atomic E-state index is 5.45. The van der Waals surface area contributed by atoms with Crippen LogP contribution in [0.25, 0.3) is 0 Å². The van der Waals surface area contributed by atoms with Gasteiger partial charge in [0.05, 0.1) is 0 Å². The molecule has 8 heavy (non-hydrogen) atoms. The zero-order chi connectivity index (χ0) is 5.82. The second kappa shape index (κ2) is 2.88. The van der Waals surface area contributed by atoms with Gasteiger partial charge in [0.15, 0.2) is 0 Å². The fraction of sp³-hybridized carbons (Fsp3) is 0.714. The molecule has 0 bridgehead atoms. The van der Waals surface area contributed by atoms with E-state index in [0.29, 0.717) is 5.92 Å². The summed E-state index contributed by atoms with van der Waals surface area (Å²) in [5, 5.41) is 0. The highest BCUT2D eigenvalue weighted by Gasteiger charge is 2.03. The van der Waals surface area contributed by atoms with E-state index in [1.165, 1.54) is 19.3 Å². The van der Waals surface area contributed by atoms with Gasteiger partial charge in [-0.15, -0.1) is 0 Å². The number of hydrogen-bond acceptors (Lipinski definition) is 1. The summed E-state index contributed by atoms with van der Waals surface area (Å²) in [6.45, 7) is 0.830. The molecule has 0 aromatic heterocycles. The van der Waals surface area contributed by atoms with E-state index >= 15 is 0 Å². The smallest absolute Gasteiger partial charge is 0.00142 e. The van der Waals surface area contributed by atoms with Gasteiger partial charge >= 0.3 is 0 Å². The summed E-state index contributed by atoms with van der Waals surface area (Å²) in [6.07, 6.45) is 8.37. The maximum Gasteiger partial charge on any atom is -0.00142 e. The molecule has 1 nitrogen and oxygen atoms in total. The minimum atomic E-state index is 0.684. The summed E-state index contributed by atoms with van der Waals surface area (Å²) in [6, 6.07) is 0. The first-order valence-electron chi connectivity index (χ1n) is 3.30. The molecule has 1 aliphatic carbocycles. The Morgan fingerprint density at radius 2 is 2.50 bits per heavy atom. The lowest BCUT2D eigenvalue weighted by Crippen LogP contribution is -2.13. The zero-order valence-electron chi connectivity index (χ0n) is 5.14. The lowest BCUT2D eigenvalue weighted by Gasteiger charge is -2.12. The van der Waals surface area contributed by atoms with E-state index in [-0.39, 0.29) is 0 Å². The molecule has 0 aromatic carbocycles. The molecule has 1 atom stereocenters. The van der Waals surface area contributed by atoms with E-state index < -0.39 is 0 Å². The van der Waals surface area contributed by atoms with Crippen molar-refractivity contribution in [2.45, 2.75) is 19.3 Å². The zero-order valence-corrected chi connectivity index (χ0v) is 5.14. The maximum absolute atomic E-state index is 5.45. The second-order valence-corrected chi connectivity index (χ2v) is 2.35. The average molecular weight is 111 g/mol. The van der Waals surface area contributed by atoms with Gasteiger partial charge in [-0.1, -0.05) is 12.2 Å². The summed E-state index contributed by atoms with van der Waals surface area (Å²) in [5.74, 6) is 0.684. The number of allylic oxidation sites excluding steroid dienone is 1. The Bertz CT molecular complexity index is 86.4. The van der Waals surface area contributed by atoms with Crippen LogP contribution in [0.1, 0.15) is 19.3 Å². The van der Waals surface area contributed by atoms with Crippen LogP contribution >= 0.6 is 0 Å². The molecule has 0 aliphatic heterocycles. The molecule has 0 saturated carbocycles. The number of hydrogen-bond donors (Lipinski definition) is 1. The van der Waals surface area contributed by atoms with Crippen molar-refractivity contribution in [3.63, 3.8) is 0 Å². The first-order chi connectivity index (χ1) is 3.93. The van der Waals surface area contributed by atoms with Crippen LogP contribution in [0.15, 0.2) is 12.2 Å². The molecule has 46 valence electrons. The largest absolute Gasteiger partial charge is 0.330 e. The first kappa shape index (κ1) is 5.83. The van der Waals surface area contributed by atoms with E-state index in [0.717, 1.165) is 6.54 Å². The van der Waals surface area contributed by atoms with Crippen molar-refractivity contribution < 1.29 is 0 Å². The normalized spacial score (nSPS) is 28.4. The Balaban J connectivity index is 2.32. The van der Waals surface area contributed by atoms with Crippen LogP contribution in [-0.2, 0) is 0 Å².